The third kappa shape index (κ3) is 7.04. The van der Waals surface area contributed by atoms with E-state index >= 15 is 0 Å². The number of unbranched alkanes of at least 4 members (excludes halogenated alkanes) is 4. The van der Waals surface area contributed by atoms with Crippen molar-refractivity contribution in [2.45, 2.75) is 39.0 Å². The molecule has 0 aromatic heterocycles. The molecule has 0 atom stereocenters. The predicted octanol–water partition coefficient (Wildman–Crippen LogP) is 5.09. The molecule has 1 rings (SSSR count). The molecule has 2 radical (unpaired) electrons. The van der Waals surface area contributed by atoms with E-state index in [1.165, 1.54) is 51.8 Å². The number of hydrogen-bond acceptors (Lipinski definition) is 0. The van der Waals surface area contributed by atoms with Crippen LogP contribution in [0.1, 0.15) is 39.0 Å². The normalized spacial score (nSPS) is 12.1. The molecule has 1 aromatic rings. The smallest absolute Gasteiger partial charge is 0.0109 e. The highest BCUT2D eigenvalue weighted by Gasteiger charge is 1.94. The lowest BCUT2D eigenvalue weighted by Gasteiger charge is -2.00. The van der Waals surface area contributed by atoms with Crippen molar-refractivity contribution in [1.82, 2.24) is 0 Å². The summed E-state index contributed by atoms with van der Waals surface area (Å²) >= 11 is 0. The minimum Gasteiger partial charge on any atom is -0.0654 e. The predicted molar refractivity (Wildman–Crippen MR) is 73.5 cm³/mol. The Hall–Kier alpha value is 0.0800. The average molecular weight is 238 g/mol. The van der Waals surface area contributed by atoms with Crippen LogP contribution in [0.3, 0.4) is 0 Å². The van der Waals surface area contributed by atoms with Gasteiger partial charge in [0.2, 0.25) is 0 Å². The molecule has 0 aliphatic carbocycles. The van der Waals surface area contributed by atoms with Gasteiger partial charge < -0.3 is 0 Å². The second-order valence-corrected chi connectivity index (χ2v) is 6.61. The maximum Gasteiger partial charge on any atom is -0.0109 e. The van der Waals surface area contributed by atoms with E-state index in [2.05, 4.69) is 37.3 Å². The lowest BCUT2D eigenvalue weighted by Crippen LogP contribution is -1.88. The third-order valence-electron chi connectivity index (χ3n) is 2.30. The minimum atomic E-state index is 1.35. The van der Waals surface area contributed by atoms with Gasteiger partial charge in [-0.2, -0.15) is 0 Å². The van der Waals surface area contributed by atoms with Crippen molar-refractivity contribution in [3.63, 3.8) is 0 Å². The molecule has 82 valence electrons. The van der Waals surface area contributed by atoms with Gasteiger partial charge in [-0.25, -0.2) is 0 Å². The molecule has 0 spiro atoms. The van der Waals surface area contributed by atoms with Crippen LogP contribution in [0.5, 0.6) is 0 Å². The summed E-state index contributed by atoms with van der Waals surface area (Å²) in [6.07, 6.45) is 8.37. The van der Waals surface area contributed by atoms with Crippen LogP contribution in [0, 0.1) is 0 Å². The van der Waals surface area contributed by atoms with Crippen molar-refractivity contribution in [2.75, 3.05) is 6.16 Å². The first-order valence-electron chi connectivity index (χ1n) is 5.86. The largest absolute Gasteiger partial charge is 0.0654 e. The van der Waals surface area contributed by atoms with Gasteiger partial charge in [0.05, 0.1) is 0 Å². The monoisotopic (exact) mass is 238 g/mol. The second kappa shape index (κ2) is 9.32. The van der Waals surface area contributed by atoms with E-state index in [9.17, 15) is 0 Å². The van der Waals surface area contributed by atoms with Gasteiger partial charge in [-0.05, 0) is 34.4 Å². The van der Waals surface area contributed by atoms with Crippen LogP contribution in [0.15, 0.2) is 30.3 Å². The quantitative estimate of drug-likeness (QED) is 0.437. The number of hydrogen-bond donors (Lipinski definition) is 0. The van der Waals surface area contributed by atoms with Crippen molar-refractivity contribution in [3.8, 4) is 0 Å². The summed E-state index contributed by atoms with van der Waals surface area (Å²) in [5, 5.41) is 1.45. The van der Waals surface area contributed by atoms with Crippen LogP contribution < -0.4 is 5.30 Å². The van der Waals surface area contributed by atoms with Gasteiger partial charge >= 0.3 is 0 Å². The van der Waals surface area contributed by atoms with E-state index < -0.39 is 0 Å². The first kappa shape index (κ1) is 13.1. The van der Waals surface area contributed by atoms with Crippen molar-refractivity contribution in [2.24, 2.45) is 0 Å². The molecule has 1 aromatic carbocycles. The molecule has 0 nitrogen and oxygen atoms in total. The average Bonchev–Trinajstić information content (AvgIpc) is 2.29. The highest BCUT2D eigenvalue weighted by atomic mass is 32.0. The van der Waals surface area contributed by atoms with Crippen LogP contribution in [0.4, 0.5) is 0 Å². The summed E-state index contributed by atoms with van der Waals surface area (Å²) < 4.78 is 0. The zero-order valence-electron chi connectivity index (χ0n) is 9.52. The SMILES string of the molecule is CCCCCCC[P][P]c1ccccc1. The fourth-order valence-electron chi connectivity index (χ4n) is 1.41. The molecule has 0 unspecified atom stereocenters. The maximum atomic E-state index is 2.27. The molecule has 0 aliphatic heterocycles. The summed E-state index contributed by atoms with van der Waals surface area (Å²) in [5.41, 5.74) is 0. The molecule has 0 N–H and O–H groups in total. The van der Waals surface area contributed by atoms with E-state index in [1.807, 2.05) is 0 Å². The topological polar surface area (TPSA) is 0 Å². The molecule has 15 heavy (non-hydrogen) atoms. The van der Waals surface area contributed by atoms with Crippen LogP contribution >= 0.6 is 16.5 Å². The molecule has 0 amide bonds. The Labute approximate surface area is 97.7 Å². The summed E-state index contributed by atoms with van der Waals surface area (Å²) in [6, 6.07) is 10.8. The Morgan fingerprint density at radius 2 is 1.67 bits per heavy atom. The van der Waals surface area contributed by atoms with E-state index in [4.69, 9.17) is 0 Å². The second-order valence-electron chi connectivity index (χ2n) is 3.71. The van der Waals surface area contributed by atoms with Gasteiger partial charge in [0, 0.05) is 0 Å². The molecule has 2 heteroatoms. The first-order valence-corrected chi connectivity index (χ1v) is 8.54. The molecule has 0 saturated heterocycles. The van der Waals surface area contributed by atoms with E-state index in [0.29, 0.717) is 0 Å². The van der Waals surface area contributed by atoms with Crippen molar-refractivity contribution >= 4 is 21.8 Å². The fourth-order valence-corrected chi connectivity index (χ4v) is 3.96. The Bertz CT molecular complexity index is 234. The minimum absolute atomic E-state index is 1.35. The van der Waals surface area contributed by atoms with Gasteiger partial charge in [-0.15, -0.1) is 0 Å². The van der Waals surface area contributed by atoms with Crippen LogP contribution in [0.25, 0.3) is 0 Å². The van der Waals surface area contributed by atoms with Gasteiger partial charge in [0.15, 0.2) is 0 Å². The van der Waals surface area contributed by atoms with Crippen molar-refractivity contribution in [3.05, 3.63) is 30.3 Å². The molecule has 0 bridgehead atoms. The number of rotatable bonds is 8. The van der Waals surface area contributed by atoms with Crippen LogP contribution in [0.2, 0.25) is 0 Å². The van der Waals surface area contributed by atoms with E-state index in [0.717, 1.165) is 0 Å². The summed E-state index contributed by atoms with van der Waals surface area (Å²) in [7, 11) is 3.04. The maximum absolute atomic E-state index is 2.27. The zero-order valence-corrected chi connectivity index (χ0v) is 11.3. The highest BCUT2D eigenvalue weighted by Crippen LogP contribution is 2.36. The van der Waals surface area contributed by atoms with Crippen LogP contribution in [-0.4, -0.2) is 6.16 Å². The van der Waals surface area contributed by atoms with E-state index in [1.54, 1.807) is 8.27 Å². The molecule has 0 heterocycles. The summed E-state index contributed by atoms with van der Waals surface area (Å²) in [6.45, 7) is 2.27. The van der Waals surface area contributed by atoms with Crippen molar-refractivity contribution in [1.29, 1.82) is 0 Å². The molecule has 0 fully saturated rings. The summed E-state index contributed by atoms with van der Waals surface area (Å²) in [5.74, 6) is 0. The first-order chi connectivity index (χ1) is 7.43. The Morgan fingerprint density at radius 3 is 2.40 bits per heavy atom. The van der Waals surface area contributed by atoms with E-state index in [-0.39, 0.29) is 0 Å². The number of benzene rings is 1. The van der Waals surface area contributed by atoms with Crippen molar-refractivity contribution < 1.29 is 0 Å². The fraction of sp³-hybridized carbons (Fsp3) is 0.538. The lowest BCUT2D eigenvalue weighted by molar-refractivity contribution is 0.659. The van der Waals surface area contributed by atoms with Gasteiger partial charge in [-0.1, -0.05) is 62.9 Å². The zero-order chi connectivity index (χ0) is 10.8. The molecule has 0 saturated carbocycles. The van der Waals surface area contributed by atoms with Gasteiger partial charge in [-0.3, -0.25) is 0 Å². The standard InChI is InChI=1S/C13H20P2/c1-2-3-4-5-9-12-14-15-13-10-7-6-8-11-13/h6-8,10-11H,2-5,9,12H2,1H3. The molecule has 0 aliphatic rings. The molecular weight excluding hydrogens is 218 g/mol. The summed E-state index contributed by atoms with van der Waals surface area (Å²) in [4.78, 5) is 0. The van der Waals surface area contributed by atoms with Gasteiger partial charge in [0.1, 0.15) is 0 Å². The molecular formula is C13H20P2. The Balaban J connectivity index is 1.93. The lowest BCUT2D eigenvalue weighted by atomic mass is 10.2. The van der Waals surface area contributed by atoms with Crippen LogP contribution in [-0.2, 0) is 0 Å². The Kier molecular flexibility index (Phi) is 8.17. The Morgan fingerprint density at radius 1 is 0.933 bits per heavy atom. The third-order valence-corrected chi connectivity index (χ3v) is 5.21. The highest BCUT2D eigenvalue weighted by molar-refractivity contribution is 8.15. The van der Waals surface area contributed by atoms with Gasteiger partial charge in [0.25, 0.3) is 0 Å².